The first kappa shape index (κ1) is 21.9. The van der Waals surface area contributed by atoms with E-state index in [1.54, 1.807) is 34.2 Å². The molecule has 168 valence electrons. The third-order valence-electron chi connectivity index (χ3n) is 4.98. The second kappa shape index (κ2) is 10.8. The SMILES string of the molecule is O=C(CCCCCC(=O)Nc1ccc(-n2ccnn2)cc1)Nc1ccc(-n2ccnn2)cc1. The predicted molar refractivity (Wildman–Crippen MR) is 123 cm³/mol. The highest BCUT2D eigenvalue weighted by molar-refractivity contribution is 5.91. The van der Waals surface area contributed by atoms with Crippen molar-refractivity contribution in [3.63, 3.8) is 0 Å². The van der Waals surface area contributed by atoms with E-state index in [2.05, 4.69) is 31.3 Å². The molecule has 0 aliphatic carbocycles. The van der Waals surface area contributed by atoms with Crippen LogP contribution < -0.4 is 10.6 Å². The average molecular weight is 444 g/mol. The smallest absolute Gasteiger partial charge is 0.224 e. The lowest BCUT2D eigenvalue weighted by atomic mass is 10.1. The van der Waals surface area contributed by atoms with Gasteiger partial charge in [-0.15, -0.1) is 10.2 Å². The molecule has 2 heterocycles. The molecule has 0 radical (unpaired) electrons. The lowest BCUT2D eigenvalue weighted by Crippen LogP contribution is -2.12. The minimum Gasteiger partial charge on any atom is -0.326 e. The molecule has 10 nitrogen and oxygen atoms in total. The number of carbonyl (C=O) groups excluding carboxylic acids is 2. The van der Waals surface area contributed by atoms with Gasteiger partial charge in [0.05, 0.1) is 36.2 Å². The van der Waals surface area contributed by atoms with Crippen molar-refractivity contribution >= 4 is 23.2 Å². The van der Waals surface area contributed by atoms with Gasteiger partial charge in [-0.2, -0.15) is 0 Å². The van der Waals surface area contributed by atoms with Crippen LogP contribution in [0.4, 0.5) is 11.4 Å². The third-order valence-corrected chi connectivity index (χ3v) is 4.98. The predicted octanol–water partition coefficient (Wildman–Crippen LogP) is 3.38. The third kappa shape index (κ3) is 6.33. The topological polar surface area (TPSA) is 120 Å². The van der Waals surface area contributed by atoms with E-state index in [4.69, 9.17) is 0 Å². The van der Waals surface area contributed by atoms with Crippen molar-refractivity contribution in [2.75, 3.05) is 10.6 Å². The van der Waals surface area contributed by atoms with E-state index in [0.717, 1.165) is 42.0 Å². The highest BCUT2D eigenvalue weighted by Crippen LogP contribution is 2.15. The van der Waals surface area contributed by atoms with Crippen molar-refractivity contribution in [2.45, 2.75) is 32.1 Å². The molecule has 0 aliphatic heterocycles. The van der Waals surface area contributed by atoms with Crippen LogP contribution in [0, 0.1) is 0 Å². The molecular weight excluding hydrogens is 420 g/mol. The molecule has 2 amide bonds. The molecule has 33 heavy (non-hydrogen) atoms. The first-order valence-electron chi connectivity index (χ1n) is 10.7. The summed E-state index contributed by atoms with van der Waals surface area (Å²) in [6.45, 7) is 0. The molecular formula is C23H24N8O2. The summed E-state index contributed by atoms with van der Waals surface area (Å²) in [6.07, 6.45) is 9.80. The van der Waals surface area contributed by atoms with E-state index in [0.29, 0.717) is 12.8 Å². The zero-order valence-corrected chi connectivity index (χ0v) is 18.0. The van der Waals surface area contributed by atoms with Crippen molar-refractivity contribution in [2.24, 2.45) is 0 Å². The fourth-order valence-corrected chi connectivity index (χ4v) is 3.28. The summed E-state index contributed by atoms with van der Waals surface area (Å²) in [5, 5.41) is 21.2. The van der Waals surface area contributed by atoms with E-state index in [9.17, 15) is 9.59 Å². The summed E-state index contributed by atoms with van der Waals surface area (Å²) >= 11 is 0. The van der Waals surface area contributed by atoms with Crippen molar-refractivity contribution in [3.8, 4) is 11.4 Å². The van der Waals surface area contributed by atoms with Crippen molar-refractivity contribution in [1.82, 2.24) is 30.0 Å². The summed E-state index contributed by atoms with van der Waals surface area (Å²) in [5.41, 5.74) is 3.21. The Morgan fingerprint density at radius 2 is 1.06 bits per heavy atom. The van der Waals surface area contributed by atoms with Gasteiger partial charge >= 0.3 is 0 Å². The van der Waals surface area contributed by atoms with Crippen molar-refractivity contribution < 1.29 is 9.59 Å². The standard InChI is InChI=1S/C23H24N8O2/c32-22(26-18-6-10-20(11-7-18)30-16-14-24-28-30)4-2-1-3-5-23(33)27-19-8-12-21(13-9-19)31-17-15-25-29-31/h6-17H,1-5H2,(H,26,32)(H,27,33). The zero-order chi connectivity index (χ0) is 22.9. The maximum atomic E-state index is 12.1. The summed E-state index contributed by atoms with van der Waals surface area (Å²) in [7, 11) is 0. The highest BCUT2D eigenvalue weighted by atomic mass is 16.2. The molecule has 0 spiro atoms. The highest BCUT2D eigenvalue weighted by Gasteiger charge is 2.06. The van der Waals surface area contributed by atoms with E-state index < -0.39 is 0 Å². The summed E-state index contributed by atoms with van der Waals surface area (Å²) in [5.74, 6) is -0.0825. The Morgan fingerprint density at radius 3 is 1.42 bits per heavy atom. The Hall–Kier alpha value is -4.34. The number of hydrogen-bond acceptors (Lipinski definition) is 6. The minimum absolute atomic E-state index is 0.0413. The maximum Gasteiger partial charge on any atom is 0.224 e. The van der Waals surface area contributed by atoms with E-state index in [1.165, 1.54) is 0 Å². The van der Waals surface area contributed by atoms with Crippen LogP contribution in [0.15, 0.2) is 73.3 Å². The quantitative estimate of drug-likeness (QED) is 0.362. The van der Waals surface area contributed by atoms with Gasteiger partial charge in [0, 0.05) is 24.2 Å². The van der Waals surface area contributed by atoms with Crippen LogP contribution in [-0.2, 0) is 9.59 Å². The summed E-state index contributed by atoms with van der Waals surface area (Å²) < 4.78 is 3.30. The number of nitrogens with one attached hydrogen (secondary N) is 2. The van der Waals surface area contributed by atoms with Crippen LogP contribution in [0.3, 0.4) is 0 Å². The van der Waals surface area contributed by atoms with Crippen LogP contribution in [0.25, 0.3) is 11.4 Å². The van der Waals surface area contributed by atoms with Crippen LogP contribution >= 0.6 is 0 Å². The molecule has 0 saturated heterocycles. The number of carbonyl (C=O) groups is 2. The minimum atomic E-state index is -0.0413. The lowest BCUT2D eigenvalue weighted by molar-refractivity contribution is -0.116. The van der Waals surface area contributed by atoms with Gasteiger partial charge in [-0.05, 0) is 61.4 Å². The van der Waals surface area contributed by atoms with Gasteiger partial charge in [-0.1, -0.05) is 16.8 Å². The molecule has 2 aromatic carbocycles. The summed E-state index contributed by atoms with van der Waals surface area (Å²) in [4.78, 5) is 24.3. The first-order chi connectivity index (χ1) is 16.2. The molecule has 0 unspecified atom stereocenters. The Balaban J connectivity index is 1.11. The normalized spacial score (nSPS) is 10.7. The fraction of sp³-hybridized carbons (Fsp3) is 0.217. The number of hydrogen-bond donors (Lipinski definition) is 2. The van der Waals surface area contributed by atoms with Gasteiger partial charge in [0.2, 0.25) is 11.8 Å². The van der Waals surface area contributed by atoms with Crippen LogP contribution in [0.1, 0.15) is 32.1 Å². The van der Waals surface area contributed by atoms with Gasteiger partial charge in [-0.3, -0.25) is 9.59 Å². The molecule has 10 heteroatoms. The number of nitrogens with zero attached hydrogens (tertiary/aromatic N) is 6. The molecule has 4 aromatic rings. The van der Waals surface area contributed by atoms with E-state index in [-0.39, 0.29) is 11.8 Å². The number of rotatable bonds is 10. The van der Waals surface area contributed by atoms with Gasteiger partial charge < -0.3 is 10.6 Å². The molecule has 0 fully saturated rings. The van der Waals surface area contributed by atoms with Crippen LogP contribution in [0.5, 0.6) is 0 Å². The monoisotopic (exact) mass is 444 g/mol. The first-order valence-corrected chi connectivity index (χ1v) is 10.7. The molecule has 2 aromatic heterocycles. The van der Waals surface area contributed by atoms with Crippen LogP contribution in [-0.4, -0.2) is 41.8 Å². The van der Waals surface area contributed by atoms with Crippen molar-refractivity contribution in [1.29, 1.82) is 0 Å². The Kier molecular flexibility index (Phi) is 7.16. The average Bonchev–Trinajstić information content (AvgIpc) is 3.55. The van der Waals surface area contributed by atoms with E-state index in [1.807, 2.05) is 48.5 Å². The number of benzene rings is 2. The van der Waals surface area contributed by atoms with Gasteiger partial charge in [0.15, 0.2) is 0 Å². The Bertz CT molecular complexity index is 1060. The van der Waals surface area contributed by atoms with Crippen molar-refractivity contribution in [3.05, 3.63) is 73.3 Å². The fourth-order valence-electron chi connectivity index (χ4n) is 3.28. The molecule has 0 aliphatic rings. The zero-order valence-electron chi connectivity index (χ0n) is 18.0. The Morgan fingerprint density at radius 1 is 0.636 bits per heavy atom. The Labute approximate surface area is 190 Å². The largest absolute Gasteiger partial charge is 0.326 e. The molecule has 4 rings (SSSR count). The molecule has 0 saturated carbocycles. The van der Waals surface area contributed by atoms with Gasteiger partial charge in [-0.25, -0.2) is 9.36 Å². The summed E-state index contributed by atoms with van der Waals surface area (Å²) in [6, 6.07) is 14.8. The number of aromatic nitrogens is 6. The maximum absolute atomic E-state index is 12.1. The van der Waals surface area contributed by atoms with Gasteiger partial charge in [0.25, 0.3) is 0 Å². The second-order valence-corrected chi connectivity index (χ2v) is 7.45. The molecule has 0 bridgehead atoms. The lowest BCUT2D eigenvalue weighted by Gasteiger charge is -2.07. The molecule has 0 atom stereocenters. The molecule has 2 N–H and O–H groups in total. The van der Waals surface area contributed by atoms with E-state index >= 15 is 0 Å². The van der Waals surface area contributed by atoms with Gasteiger partial charge in [0.1, 0.15) is 0 Å². The van der Waals surface area contributed by atoms with Crippen LogP contribution in [0.2, 0.25) is 0 Å². The number of unbranched alkanes of at least 4 members (excludes halogenated alkanes) is 2. The number of anilines is 2. The second-order valence-electron chi connectivity index (χ2n) is 7.45. The number of amides is 2.